The van der Waals surface area contributed by atoms with Gasteiger partial charge in [-0.15, -0.1) is 11.3 Å². The lowest BCUT2D eigenvalue weighted by atomic mass is 10.2. The Balaban J connectivity index is 1.73. The van der Waals surface area contributed by atoms with Crippen molar-refractivity contribution < 1.29 is 8.78 Å². The first kappa shape index (κ1) is 19.1. The van der Waals surface area contributed by atoms with Crippen molar-refractivity contribution in [2.24, 2.45) is 0 Å². The van der Waals surface area contributed by atoms with Gasteiger partial charge in [-0.1, -0.05) is 47.6 Å². The Morgan fingerprint density at radius 3 is 2.71 bits per heavy atom. The molecule has 0 aliphatic heterocycles. The SMILES string of the molecule is O=c1c2sccc2nc(SCc2ccc(F)cc2Cl)n1Cc1ccccc1F. The highest BCUT2D eigenvalue weighted by atomic mass is 35.5. The van der Waals surface area contributed by atoms with E-state index in [-0.39, 0.29) is 17.9 Å². The van der Waals surface area contributed by atoms with Crippen molar-refractivity contribution in [3.8, 4) is 0 Å². The number of thiophene rings is 1. The van der Waals surface area contributed by atoms with Crippen LogP contribution in [0.5, 0.6) is 0 Å². The zero-order valence-electron chi connectivity index (χ0n) is 14.4. The summed E-state index contributed by atoms with van der Waals surface area (Å²) in [5.74, 6) is -0.385. The first-order valence-electron chi connectivity index (χ1n) is 8.31. The number of nitrogens with zero attached hydrogens (tertiary/aromatic N) is 2. The normalized spacial score (nSPS) is 11.2. The second-order valence-corrected chi connectivity index (χ2v) is 8.30. The number of rotatable bonds is 5. The highest BCUT2D eigenvalue weighted by Crippen LogP contribution is 2.28. The molecule has 2 aromatic carbocycles. The molecule has 28 heavy (non-hydrogen) atoms. The first-order valence-corrected chi connectivity index (χ1v) is 10.6. The van der Waals surface area contributed by atoms with Crippen LogP contribution in [0, 0.1) is 11.6 Å². The van der Waals surface area contributed by atoms with Gasteiger partial charge in [0.2, 0.25) is 0 Å². The topological polar surface area (TPSA) is 34.9 Å². The molecule has 2 heterocycles. The predicted octanol–water partition coefficient (Wildman–Crippen LogP) is 5.73. The third-order valence-corrected chi connectivity index (χ3v) is 6.46. The molecule has 2 aromatic heterocycles. The van der Waals surface area contributed by atoms with Crippen LogP contribution < -0.4 is 5.56 Å². The summed E-state index contributed by atoms with van der Waals surface area (Å²) in [6, 6.07) is 12.3. The van der Waals surface area contributed by atoms with Crippen LogP contribution in [0.2, 0.25) is 5.02 Å². The molecule has 4 rings (SSSR count). The maximum atomic E-state index is 14.1. The van der Waals surface area contributed by atoms with Crippen LogP contribution in [-0.2, 0) is 12.3 Å². The molecule has 0 aliphatic carbocycles. The van der Waals surface area contributed by atoms with E-state index in [1.165, 1.54) is 45.9 Å². The molecule has 0 atom stereocenters. The third kappa shape index (κ3) is 3.83. The molecule has 0 aliphatic rings. The minimum atomic E-state index is -0.409. The highest BCUT2D eigenvalue weighted by molar-refractivity contribution is 7.98. The zero-order valence-corrected chi connectivity index (χ0v) is 16.8. The average Bonchev–Trinajstić information content (AvgIpc) is 3.14. The molecule has 0 saturated heterocycles. The molecule has 0 fully saturated rings. The number of aromatic nitrogens is 2. The monoisotopic (exact) mass is 434 g/mol. The lowest BCUT2D eigenvalue weighted by molar-refractivity contribution is 0.580. The molecule has 0 bridgehead atoms. The summed E-state index contributed by atoms with van der Waals surface area (Å²) in [6.07, 6.45) is 0. The zero-order chi connectivity index (χ0) is 19.7. The molecule has 0 unspecified atom stereocenters. The second kappa shape index (κ2) is 8.03. The van der Waals surface area contributed by atoms with Gasteiger partial charge in [-0.25, -0.2) is 13.8 Å². The molecule has 0 N–H and O–H groups in total. The third-order valence-electron chi connectivity index (χ3n) is 4.19. The Kier molecular flexibility index (Phi) is 5.48. The maximum Gasteiger partial charge on any atom is 0.272 e. The molecule has 4 aromatic rings. The van der Waals surface area contributed by atoms with Crippen molar-refractivity contribution in [2.75, 3.05) is 0 Å². The molecule has 3 nitrogen and oxygen atoms in total. The van der Waals surface area contributed by atoms with Crippen molar-refractivity contribution in [1.29, 1.82) is 0 Å². The quantitative estimate of drug-likeness (QED) is 0.297. The van der Waals surface area contributed by atoms with Gasteiger partial charge < -0.3 is 0 Å². The molecule has 0 amide bonds. The summed E-state index contributed by atoms with van der Waals surface area (Å²) in [5.41, 5.74) is 1.53. The summed E-state index contributed by atoms with van der Waals surface area (Å²) < 4.78 is 29.4. The van der Waals surface area contributed by atoms with Crippen LogP contribution in [0.3, 0.4) is 0 Å². The van der Waals surface area contributed by atoms with Crippen molar-refractivity contribution in [3.63, 3.8) is 0 Å². The highest BCUT2D eigenvalue weighted by Gasteiger charge is 2.15. The number of halogens is 3. The van der Waals surface area contributed by atoms with E-state index >= 15 is 0 Å². The van der Waals surface area contributed by atoms with E-state index in [0.717, 1.165) is 5.56 Å². The Bertz CT molecular complexity index is 1220. The van der Waals surface area contributed by atoms with Crippen molar-refractivity contribution in [1.82, 2.24) is 9.55 Å². The van der Waals surface area contributed by atoms with Gasteiger partial charge in [0.05, 0.1) is 12.1 Å². The van der Waals surface area contributed by atoms with Gasteiger partial charge in [0.15, 0.2) is 5.16 Å². The molecule has 0 saturated carbocycles. The van der Waals surface area contributed by atoms with Crippen LogP contribution in [0.25, 0.3) is 10.2 Å². The van der Waals surface area contributed by atoms with Crippen molar-refractivity contribution >= 4 is 44.9 Å². The van der Waals surface area contributed by atoms with Crippen LogP contribution in [0.15, 0.2) is 63.9 Å². The summed E-state index contributed by atoms with van der Waals surface area (Å²) in [5, 5.41) is 2.57. The lowest BCUT2D eigenvalue weighted by Gasteiger charge is -2.13. The van der Waals surface area contributed by atoms with E-state index in [1.807, 2.05) is 0 Å². The molecule has 0 spiro atoms. The van der Waals surface area contributed by atoms with Crippen molar-refractivity contribution in [3.05, 3.63) is 92.0 Å². The molecule has 8 heteroatoms. The summed E-state index contributed by atoms with van der Waals surface area (Å²) >= 11 is 8.72. The Labute approximate surface area is 172 Å². The van der Waals surface area contributed by atoms with Gasteiger partial charge in [0.1, 0.15) is 16.3 Å². The Morgan fingerprint density at radius 1 is 1.11 bits per heavy atom. The smallest absolute Gasteiger partial charge is 0.272 e. The Hall–Kier alpha value is -2.22. The predicted molar refractivity (Wildman–Crippen MR) is 110 cm³/mol. The van der Waals surface area contributed by atoms with Gasteiger partial charge in [-0.2, -0.15) is 0 Å². The lowest BCUT2D eigenvalue weighted by Crippen LogP contribution is -2.23. The standard InChI is InChI=1S/C20H13ClF2N2OS2/c21-15-9-14(22)6-5-13(15)11-28-20-24-17-7-8-27-18(17)19(26)25(20)10-12-3-1-2-4-16(12)23/h1-9H,10-11H2. The summed E-state index contributed by atoms with van der Waals surface area (Å²) in [6.45, 7) is 0.0752. The minimum Gasteiger partial charge on any atom is -0.282 e. The van der Waals surface area contributed by atoms with Crippen LogP contribution in [0.1, 0.15) is 11.1 Å². The Morgan fingerprint density at radius 2 is 1.93 bits per heavy atom. The first-order chi connectivity index (χ1) is 13.5. The number of fused-ring (bicyclic) bond motifs is 1. The van der Waals surface area contributed by atoms with Gasteiger partial charge in [0.25, 0.3) is 5.56 Å². The van der Waals surface area contributed by atoms with E-state index < -0.39 is 5.82 Å². The van der Waals surface area contributed by atoms with Gasteiger partial charge in [-0.3, -0.25) is 9.36 Å². The number of hydrogen-bond acceptors (Lipinski definition) is 4. The average molecular weight is 435 g/mol. The van der Waals surface area contributed by atoms with Gasteiger partial charge >= 0.3 is 0 Å². The van der Waals surface area contributed by atoms with Crippen LogP contribution >= 0.6 is 34.7 Å². The number of benzene rings is 2. The second-order valence-electron chi connectivity index (χ2n) is 6.04. The fourth-order valence-corrected chi connectivity index (χ4v) is 4.85. The van der Waals surface area contributed by atoms with E-state index in [2.05, 4.69) is 4.98 Å². The van der Waals surface area contributed by atoms with E-state index in [1.54, 1.807) is 35.7 Å². The molecular weight excluding hydrogens is 422 g/mol. The van der Waals surface area contributed by atoms with E-state index in [9.17, 15) is 13.6 Å². The molecular formula is C20H13ClF2N2OS2. The van der Waals surface area contributed by atoms with Gasteiger partial charge in [-0.05, 0) is 35.2 Å². The number of thioether (sulfide) groups is 1. The molecule has 0 radical (unpaired) electrons. The fraction of sp³-hybridized carbons (Fsp3) is 0.100. The summed E-state index contributed by atoms with van der Waals surface area (Å²) in [7, 11) is 0. The van der Waals surface area contributed by atoms with Crippen molar-refractivity contribution in [2.45, 2.75) is 17.5 Å². The minimum absolute atomic E-state index is 0.0752. The summed E-state index contributed by atoms with van der Waals surface area (Å²) in [4.78, 5) is 17.6. The van der Waals surface area contributed by atoms with Crippen LogP contribution in [0.4, 0.5) is 8.78 Å². The fourth-order valence-electron chi connectivity index (χ4n) is 2.75. The van der Waals surface area contributed by atoms with Crippen LogP contribution in [-0.4, -0.2) is 9.55 Å². The van der Waals surface area contributed by atoms with Gasteiger partial charge in [0, 0.05) is 16.3 Å². The van der Waals surface area contributed by atoms with E-state index in [4.69, 9.17) is 11.6 Å². The van der Waals surface area contributed by atoms with E-state index in [0.29, 0.717) is 31.7 Å². The largest absolute Gasteiger partial charge is 0.282 e. The maximum absolute atomic E-state index is 14.1. The number of hydrogen-bond donors (Lipinski definition) is 0. The molecule has 142 valence electrons.